The lowest BCUT2D eigenvalue weighted by Gasteiger charge is -2.19. The number of hydrogen-bond acceptors (Lipinski definition) is 4. The number of carbonyl (C=O) groups is 2. The molecule has 0 spiro atoms. The minimum absolute atomic E-state index is 0.0164. The van der Waals surface area contributed by atoms with Gasteiger partial charge in [-0.15, -0.1) is 0 Å². The summed E-state index contributed by atoms with van der Waals surface area (Å²) in [5.41, 5.74) is 3.34. The topological polar surface area (TPSA) is 79.5 Å². The molecule has 0 aliphatic heterocycles. The van der Waals surface area contributed by atoms with Crippen LogP contribution < -0.4 is 20.7 Å². The van der Waals surface area contributed by atoms with Crippen LogP contribution in [0.1, 0.15) is 60.9 Å². The van der Waals surface area contributed by atoms with Crippen LogP contribution in [0.4, 0.5) is 11.4 Å². The SMILES string of the molecule is CC(C)COc1ccc(Br)cc1C(=O)NC(=S)Nc1cccc(NC(=O)c2ccc(C(C)(C)C)cc2)c1. The third kappa shape index (κ3) is 8.40. The fraction of sp³-hybridized carbons (Fsp3) is 0.276. The quantitative estimate of drug-likeness (QED) is 0.258. The number of anilines is 2. The van der Waals surface area contributed by atoms with Gasteiger partial charge < -0.3 is 15.4 Å². The second kappa shape index (κ2) is 12.3. The maximum atomic E-state index is 12.9. The fourth-order valence-corrected chi connectivity index (χ4v) is 3.97. The monoisotopic (exact) mass is 581 g/mol. The molecule has 0 saturated heterocycles. The maximum absolute atomic E-state index is 12.9. The third-order valence-electron chi connectivity index (χ3n) is 5.38. The maximum Gasteiger partial charge on any atom is 0.261 e. The highest BCUT2D eigenvalue weighted by Crippen LogP contribution is 2.25. The summed E-state index contributed by atoms with van der Waals surface area (Å²) in [7, 11) is 0. The van der Waals surface area contributed by atoms with Crippen LogP contribution in [-0.4, -0.2) is 23.5 Å². The predicted molar refractivity (Wildman–Crippen MR) is 158 cm³/mol. The van der Waals surface area contributed by atoms with Crippen molar-refractivity contribution in [1.29, 1.82) is 0 Å². The Bertz CT molecular complexity index is 1280. The standard InChI is InChI=1S/C29H32BrN3O3S/c1-18(2)17-36-25-14-13-21(30)15-24(25)27(35)33-28(37)32-23-8-6-7-22(16-23)31-26(34)19-9-11-20(12-10-19)29(3,4)5/h6-16,18H,17H2,1-5H3,(H,31,34)(H2,32,33,35,37). The van der Waals surface area contributed by atoms with Gasteiger partial charge in [0.05, 0.1) is 12.2 Å². The van der Waals surface area contributed by atoms with Crippen LogP contribution >= 0.6 is 28.1 Å². The molecule has 3 rings (SSSR count). The van der Waals surface area contributed by atoms with Crippen molar-refractivity contribution in [3.8, 4) is 5.75 Å². The molecular weight excluding hydrogens is 550 g/mol. The molecule has 3 aromatic carbocycles. The smallest absolute Gasteiger partial charge is 0.261 e. The molecule has 8 heteroatoms. The van der Waals surface area contributed by atoms with Gasteiger partial charge in [0.25, 0.3) is 11.8 Å². The number of benzene rings is 3. The molecule has 0 radical (unpaired) electrons. The van der Waals surface area contributed by atoms with Gasteiger partial charge >= 0.3 is 0 Å². The molecule has 37 heavy (non-hydrogen) atoms. The van der Waals surface area contributed by atoms with Gasteiger partial charge in [0, 0.05) is 21.4 Å². The van der Waals surface area contributed by atoms with E-state index in [4.69, 9.17) is 17.0 Å². The van der Waals surface area contributed by atoms with Crippen LogP contribution in [0.5, 0.6) is 5.75 Å². The molecule has 0 aliphatic carbocycles. The Labute approximate surface area is 232 Å². The third-order valence-corrected chi connectivity index (χ3v) is 6.07. The summed E-state index contributed by atoms with van der Waals surface area (Å²) in [6.45, 7) is 11.0. The van der Waals surface area contributed by atoms with Crippen molar-refractivity contribution in [2.24, 2.45) is 5.92 Å². The Kier molecular flexibility index (Phi) is 9.45. The number of halogens is 1. The van der Waals surface area contributed by atoms with Gasteiger partial charge in [-0.1, -0.05) is 68.7 Å². The largest absolute Gasteiger partial charge is 0.492 e. The van der Waals surface area contributed by atoms with Crippen molar-refractivity contribution < 1.29 is 14.3 Å². The summed E-state index contributed by atoms with van der Waals surface area (Å²) < 4.78 is 6.56. The highest BCUT2D eigenvalue weighted by Gasteiger charge is 2.16. The first kappa shape index (κ1) is 28.3. The van der Waals surface area contributed by atoms with E-state index in [-0.39, 0.29) is 22.3 Å². The van der Waals surface area contributed by atoms with Gasteiger partial charge in [-0.05, 0) is 77.6 Å². The Hall–Kier alpha value is -3.23. The average Bonchev–Trinajstić information content (AvgIpc) is 2.82. The van der Waals surface area contributed by atoms with Crippen LogP contribution in [0.15, 0.2) is 71.2 Å². The average molecular weight is 583 g/mol. The van der Waals surface area contributed by atoms with Gasteiger partial charge in [-0.25, -0.2) is 0 Å². The second-order valence-corrected chi connectivity index (χ2v) is 11.4. The van der Waals surface area contributed by atoms with Gasteiger partial charge in [-0.3, -0.25) is 14.9 Å². The van der Waals surface area contributed by atoms with Crippen molar-refractivity contribution in [2.45, 2.75) is 40.0 Å². The number of carbonyl (C=O) groups excluding carboxylic acids is 2. The number of amides is 2. The summed E-state index contributed by atoms with van der Waals surface area (Å²) in [5.74, 6) is 0.202. The summed E-state index contributed by atoms with van der Waals surface area (Å²) in [4.78, 5) is 25.7. The van der Waals surface area contributed by atoms with E-state index < -0.39 is 0 Å². The molecule has 0 heterocycles. The lowest BCUT2D eigenvalue weighted by atomic mass is 9.87. The predicted octanol–water partition coefficient (Wildman–Crippen LogP) is 7.16. The molecule has 6 nitrogen and oxygen atoms in total. The first-order valence-electron chi connectivity index (χ1n) is 12.0. The molecule has 0 atom stereocenters. The first-order chi connectivity index (χ1) is 17.4. The Balaban J connectivity index is 1.64. The zero-order valence-electron chi connectivity index (χ0n) is 21.6. The normalized spacial score (nSPS) is 11.1. The Morgan fingerprint density at radius 1 is 0.919 bits per heavy atom. The Morgan fingerprint density at radius 3 is 2.19 bits per heavy atom. The first-order valence-corrected chi connectivity index (χ1v) is 13.2. The molecule has 0 aliphatic rings. The van der Waals surface area contributed by atoms with E-state index in [0.717, 1.165) is 10.0 Å². The van der Waals surface area contributed by atoms with Gasteiger partial charge in [-0.2, -0.15) is 0 Å². The minimum Gasteiger partial charge on any atom is -0.492 e. The summed E-state index contributed by atoms with van der Waals surface area (Å²) in [5, 5.41) is 8.72. The molecule has 0 unspecified atom stereocenters. The molecule has 0 aromatic heterocycles. The van der Waals surface area contributed by atoms with Crippen LogP contribution in [0.2, 0.25) is 0 Å². The zero-order valence-corrected chi connectivity index (χ0v) is 24.0. The minimum atomic E-state index is -0.388. The molecule has 194 valence electrons. The number of rotatable bonds is 7. The van der Waals surface area contributed by atoms with Gasteiger partial charge in [0.15, 0.2) is 5.11 Å². The lowest BCUT2D eigenvalue weighted by Crippen LogP contribution is -2.34. The van der Waals surface area contributed by atoms with Gasteiger partial charge in [0.2, 0.25) is 0 Å². The number of nitrogens with one attached hydrogen (secondary N) is 3. The van der Waals surface area contributed by atoms with Crippen LogP contribution in [0.25, 0.3) is 0 Å². The van der Waals surface area contributed by atoms with Crippen LogP contribution in [0, 0.1) is 5.92 Å². The van der Waals surface area contributed by atoms with E-state index in [2.05, 4.69) is 52.7 Å². The van der Waals surface area contributed by atoms with Crippen LogP contribution in [0.3, 0.4) is 0 Å². The second-order valence-electron chi connectivity index (χ2n) is 10.1. The number of ether oxygens (including phenoxy) is 1. The lowest BCUT2D eigenvalue weighted by molar-refractivity contribution is 0.0971. The van der Waals surface area contributed by atoms with Gasteiger partial charge in [0.1, 0.15) is 5.75 Å². The summed E-state index contributed by atoms with van der Waals surface area (Å²) in [6, 6.07) is 20.0. The fourth-order valence-electron chi connectivity index (χ4n) is 3.39. The van der Waals surface area contributed by atoms with E-state index in [0.29, 0.717) is 40.8 Å². The Morgan fingerprint density at radius 2 is 1.57 bits per heavy atom. The summed E-state index contributed by atoms with van der Waals surface area (Å²) in [6.07, 6.45) is 0. The molecule has 2 amide bonds. The van der Waals surface area contributed by atoms with Crippen molar-refractivity contribution in [2.75, 3.05) is 17.2 Å². The van der Waals surface area contributed by atoms with Crippen molar-refractivity contribution in [3.05, 3.63) is 87.9 Å². The molecule has 0 saturated carbocycles. The molecular formula is C29H32BrN3O3S. The number of hydrogen-bond donors (Lipinski definition) is 3. The van der Waals surface area contributed by atoms with Crippen molar-refractivity contribution in [3.63, 3.8) is 0 Å². The van der Waals surface area contributed by atoms with E-state index in [9.17, 15) is 9.59 Å². The van der Waals surface area contributed by atoms with E-state index in [1.807, 2.05) is 44.2 Å². The summed E-state index contributed by atoms with van der Waals surface area (Å²) >= 11 is 8.76. The van der Waals surface area contributed by atoms with Crippen LogP contribution in [-0.2, 0) is 5.41 Å². The molecule has 0 bridgehead atoms. The highest BCUT2D eigenvalue weighted by atomic mass is 79.9. The van der Waals surface area contributed by atoms with E-state index >= 15 is 0 Å². The van der Waals surface area contributed by atoms with E-state index in [1.54, 1.807) is 36.4 Å². The molecule has 3 N–H and O–H groups in total. The van der Waals surface area contributed by atoms with E-state index in [1.165, 1.54) is 0 Å². The molecule has 3 aromatic rings. The molecule has 0 fully saturated rings. The highest BCUT2D eigenvalue weighted by molar-refractivity contribution is 9.10. The van der Waals surface area contributed by atoms with Crippen molar-refractivity contribution >= 4 is 56.4 Å². The zero-order chi connectivity index (χ0) is 27.2. The van der Waals surface area contributed by atoms with Crippen molar-refractivity contribution in [1.82, 2.24) is 5.32 Å². The number of thiocarbonyl (C=S) groups is 1.